The molecule has 0 bridgehead atoms. The Morgan fingerprint density at radius 2 is 2.10 bits per heavy atom. The van der Waals surface area contributed by atoms with Gasteiger partial charge in [-0.3, -0.25) is 0 Å². The smallest absolute Gasteiger partial charge is 0.428 e. The lowest BCUT2D eigenvalue weighted by molar-refractivity contribution is -0.138. The molecule has 0 saturated heterocycles. The van der Waals surface area contributed by atoms with Crippen molar-refractivity contribution in [3.8, 4) is 0 Å². The van der Waals surface area contributed by atoms with Crippen LogP contribution in [-0.4, -0.2) is 18.4 Å². The van der Waals surface area contributed by atoms with Crippen molar-refractivity contribution in [2.75, 3.05) is 6.61 Å². The van der Waals surface area contributed by atoms with Gasteiger partial charge in [-0.25, -0.2) is 10.2 Å². The number of halogens is 3. The molecule has 114 valence electrons. The number of hydrogen-bond donors (Lipinski definition) is 1. The maximum absolute atomic E-state index is 13.2. The first-order valence-corrected chi connectivity index (χ1v) is 6.47. The molecule has 0 aromatic heterocycles. The third kappa shape index (κ3) is 3.74. The highest BCUT2D eigenvalue weighted by Gasteiger charge is 2.34. The Balaban J connectivity index is 2.40. The van der Waals surface area contributed by atoms with Gasteiger partial charge in [0.15, 0.2) is 0 Å². The van der Waals surface area contributed by atoms with Gasteiger partial charge in [0.05, 0.1) is 5.56 Å². The van der Waals surface area contributed by atoms with Crippen LogP contribution in [0.5, 0.6) is 0 Å². The number of amides is 1. The van der Waals surface area contributed by atoms with Gasteiger partial charge in [-0.05, 0) is 24.0 Å². The normalized spacial score (nSPS) is 15.5. The Labute approximate surface area is 120 Å². The molecule has 7 heteroatoms. The molecule has 1 N–H and O–H groups in total. The lowest BCUT2D eigenvalue weighted by Crippen LogP contribution is -2.31. The molecule has 0 radical (unpaired) electrons. The Kier molecular flexibility index (Phi) is 4.20. The van der Waals surface area contributed by atoms with E-state index in [1.54, 1.807) is 6.07 Å². The van der Waals surface area contributed by atoms with Gasteiger partial charge in [0.2, 0.25) is 0 Å². The summed E-state index contributed by atoms with van der Waals surface area (Å²) in [5.74, 6) is 0.117. The highest BCUT2D eigenvalue weighted by Crippen LogP contribution is 2.34. The number of hydrogen-bond acceptors (Lipinski definition) is 3. The molecule has 0 spiro atoms. The van der Waals surface area contributed by atoms with E-state index >= 15 is 0 Å². The predicted molar refractivity (Wildman–Crippen MR) is 71.0 cm³/mol. The number of alkyl halides is 3. The average molecular weight is 300 g/mol. The summed E-state index contributed by atoms with van der Waals surface area (Å²) in [6.07, 6.45) is -4.81. The van der Waals surface area contributed by atoms with E-state index in [0.717, 1.165) is 6.07 Å². The molecule has 21 heavy (non-hydrogen) atoms. The van der Waals surface area contributed by atoms with Crippen molar-refractivity contribution in [1.29, 1.82) is 0 Å². The van der Waals surface area contributed by atoms with Crippen molar-refractivity contribution >= 4 is 11.8 Å². The summed E-state index contributed by atoms with van der Waals surface area (Å²) >= 11 is 0. The highest BCUT2D eigenvalue weighted by molar-refractivity contribution is 6.03. The maximum atomic E-state index is 13.2. The van der Waals surface area contributed by atoms with Crippen molar-refractivity contribution < 1.29 is 22.7 Å². The van der Waals surface area contributed by atoms with Crippen LogP contribution in [0.15, 0.2) is 23.3 Å². The molecule has 0 fully saturated rings. The Morgan fingerprint density at radius 3 is 2.62 bits per heavy atom. The number of hydrazone groups is 1. The van der Waals surface area contributed by atoms with Crippen LogP contribution in [0.25, 0.3) is 0 Å². The third-order valence-corrected chi connectivity index (χ3v) is 3.00. The lowest BCUT2D eigenvalue weighted by Gasteiger charge is -2.18. The minimum absolute atomic E-state index is 0.117. The van der Waals surface area contributed by atoms with Crippen LogP contribution in [0.3, 0.4) is 0 Å². The molecular formula is C14H15F3N2O2. The topological polar surface area (TPSA) is 50.7 Å². The zero-order chi connectivity index (χ0) is 15.6. The second-order valence-electron chi connectivity index (χ2n) is 5.21. The number of carbonyl (C=O) groups is 1. The minimum Gasteiger partial charge on any atom is -0.442 e. The third-order valence-electron chi connectivity index (χ3n) is 3.00. The van der Waals surface area contributed by atoms with E-state index in [-0.39, 0.29) is 29.4 Å². The Morgan fingerprint density at radius 1 is 1.38 bits per heavy atom. The molecule has 1 aromatic carbocycles. The monoisotopic (exact) mass is 300 g/mol. The quantitative estimate of drug-likeness (QED) is 0.930. The maximum Gasteiger partial charge on any atom is 0.428 e. The Bertz CT molecular complexity index is 580. The number of nitrogens with zero attached hydrogens (tertiary/aromatic N) is 1. The summed E-state index contributed by atoms with van der Waals surface area (Å²) in [7, 11) is 0. The van der Waals surface area contributed by atoms with Crippen molar-refractivity contribution in [3.05, 3.63) is 34.9 Å². The number of cyclic esters (lactones) is 1. The summed E-state index contributed by atoms with van der Waals surface area (Å²) in [6, 6.07) is 4.07. The molecule has 0 unspecified atom stereocenters. The lowest BCUT2D eigenvalue weighted by atomic mass is 9.94. The average Bonchev–Trinajstić information content (AvgIpc) is 2.38. The van der Waals surface area contributed by atoms with Crippen molar-refractivity contribution in [3.63, 3.8) is 0 Å². The van der Waals surface area contributed by atoms with Gasteiger partial charge in [-0.2, -0.15) is 18.3 Å². The van der Waals surface area contributed by atoms with Gasteiger partial charge in [0, 0.05) is 5.56 Å². The molecule has 1 aromatic rings. The molecular weight excluding hydrogens is 285 g/mol. The molecule has 4 nitrogen and oxygen atoms in total. The SMILES string of the molecule is CC(C)Cc1ccc(C2=NNC(=O)OC2)cc1C(F)(F)F. The van der Waals surface area contributed by atoms with Crippen LogP contribution in [0.4, 0.5) is 18.0 Å². The highest BCUT2D eigenvalue weighted by atomic mass is 19.4. The zero-order valence-electron chi connectivity index (χ0n) is 11.6. The van der Waals surface area contributed by atoms with Gasteiger partial charge >= 0.3 is 12.3 Å². The summed E-state index contributed by atoms with van der Waals surface area (Å²) in [6.45, 7) is 3.58. The van der Waals surface area contributed by atoms with Crippen LogP contribution in [0.1, 0.15) is 30.5 Å². The first-order chi connectivity index (χ1) is 9.77. The fourth-order valence-electron chi connectivity index (χ4n) is 2.10. The van der Waals surface area contributed by atoms with Crippen molar-refractivity contribution in [1.82, 2.24) is 5.43 Å². The number of nitrogens with one attached hydrogen (secondary N) is 1. The first-order valence-electron chi connectivity index (χ1n) is 6.47. The van der Waals surface area contributed by atoms with Crippen LogP contribution in [0.2, 0.25) is 0 Å². The number of benzene rings is 1. The standard InChI is InChI=1S/C14H15F3N2O2/c1-8(2)5-9-3-4-10(6-11(9)14(15,16)17)12-7-21-13(20)19-18-12/h3-4,6,8H,5,7H2,1-2H3,(H,19,20). The second-order valence-corrected chi connectivity index (χ2v) is 5.21. The van der Waals surface area contributed by atoms with E-state index in [9.17, 15) is 18.0 Å². The van der Waals surface area contributed by atoms with Crippen molar-refractivity contribution in [2.24, 2.45) is 11.0 Å². The number of ether oxygens (including phenoxy) is 1. The van der Waals surface area contributed by atoms with E-state index in [0.29, 0.717) is 6.42 Å². The number of rotatable bonds is 3. The summed E-state index contributed by atoms with van der Waals surface area (Å²) in [5, 5.41) is 3.72. The van der Waals surface area contributed by atoms with E-state index in [1.807, 2.05) is 13.8 Å². The fourth-order valence-corrected chi connectivity index (χ4v) is 2.10. The second kappa shape index (κ2) is 5.75. The summed E-state index contributed by atoms with van der Waals surface area (Å²) in [4.78, 5) is 10.8. The molecule has 0 saturated carbocycles. The van der Waals surface area contributed by atoms with Crippen LogP contribution in [-0.2, 0) is 17.3 Å². The first kappa shape index (κ1) is 15.3. The Hall–Kier alpha value is -2.05. The molecule has 2 rings (SSSR count). The predicted octanol–water partition coefficient (Wildman–Crippen LogP) is 3.35. The van der Waals surface area contributed by atoms with Gasteiger partial charge in [0.1, 0.15) is 12.3 Å². The summed E-state index contributed by atoms with van der Waals surface area (Å²) in [5.41, 5.74) is 2.21. The molecule has 0 aliphatic carbocycles. The van der Waals surface area contributed by atoms with Gasteiger partial charge in [0.25, 0.3) is 0 Å². The van der Waals surface area contributed by atoms with E-state index < -0.39 is 17.8 Å². The van der Waals surface area contributed by atoms with Gasteiger partial charge in [-0.15, -0.1) is 0 Å². The van der Waals surface area contributed by atoms with Crippen LogP contribution >= 0.6 is 0 Å². The largest absolute Gasteiger partial charge is 0.442 e. The molecule has 1 amide bonds. The van der Waals surface area contributed by atoms with Crippen LogP contribution < -0.4 is 5.43 Å². The van der Waals surface area contributed by atoms with Crippen LogP contribution in [0, 0.1) is 5.92 Å². The number of carbonyl (C=O) groups excluding carboxylic acids is 1. The van der Waals surface area contributed by atoms with Gasteiger partial charge in [-0.1, -0.05) is 26.0 Å². The van der Waals surface area contributed by atoms with E-state index in [1.165, 1.54) is 6.07 Å². The van der Waals surface area contributed by atoms with Crippen molar-refractivity contribution in [2.45, 2.75) is 26.4 Å². The zero-order valence-corrected chi connectivity index (χ0v) is 11.6. The molecule has 1 aliphatic heterocycles. The van der Waals surface area contributed by atoms with E-state index in [2.05, 4.69) is 10.5 Å². The molecule has 1 aliphatic rings. The van der Waals surface area contributed by atoms with Gasteiger partial charge < -0.3 is 4.74 Å². The minimum atomic E-state index is -4.43. The molecule has 1 heterocycles. The van der Waals surface area contributed by atoms with E-state index in [4.69, 9.17) is 4.74 Å². The summed E-state index contributed by atoms with van der Waals surface area (Å²) < 4.78 is 44.2. The fraction of sp³-hybridized carbons (Fsp3) is 0.429. The molecule has 0 atom stereocenters.